The number of pyridine rings is 1. The molecule has 0 atom stereocenters. The van der Waals surface area contributed by atoms with Crippen molar-refractivity contribution >= 4 is 15.9 Å². The van der Waals surface area contributed by atoms with Crippen LogP contribution in [-0.4, -0.2) is 11.3 Å². The van der Waals surface area contributed by atoms with Gasteiger partial charge in [0.1, 0.15) is 16.1 Å². The second-order valence-electron chi connectivity index (χ2n) is 2.33. The highest BCUT2D eigenvalue weighted by molar-refractivity contribution is 9.10. The molecule has 1 N–H and O–H groups in total. The molecular formula is C7H2BrF3N2O2. The molecule has 0 amide bonds. The number of ether oxygens (including phenoxy) is 1. The van der Waals surface area contributed by atoms with E-state index in [0.717, 1.165) is 6.20 Å². The zero-order valence-corrected chi connectivity index (χ0v) is 8.44. The molecule has 0 aromatic carbocycles. The van der Waals surface area contributed by atoms with E-state index in [1.54, 1.807) is 0 Å². The first-order valence-corrected chi connectivity index (χ1v) is 4.21. The summed E-state index contributed by atoms with van der Waals surface area (Å²) in [4.78, 5) is 13.0. The minimum absolute atomic E-state index is 0.418. The maximum atomic E-state index is 11.9. The number of nitrogens with zero attached hydrogens (tertiary/aromatic N) is 1. The predicted molar refractivity (Wildman–Crippen MR) is 46.2 cm³/mol. The van der Waals surface area contributed by atoms with Gasteiger partial charge >= 0.3 is 6.36 Å². The van der Waals surface area contributed by atoms with Crippen molar-refractivity contribution < 1.29 is 17.9 Å². The third-order valence-corrected chi connectivity index (χ3v) is 2.05. The van der Waals surface area contributed by atoms with Gasteiger partial charge in [0, 0.05) is 6.20 Å². The Labute approximate surface area is 89.4 Å². The van der Waals surface area contributed by atoms with Gasteiger partial charge in [-0.2, -0.15) is 5.26 Å². The molecule has 1 rings (SSSR count). The lowest BCUT2D eigenvalue weighted by Crippen LogP contribution is -2.20. The Morgan fingerprint density at radius 3 is 2.60 bits per heavy atom. The van der Waals surface area contributed by atoms with Gasteiger partial charge in [-0.3, -0.25) is 4.79 Å². The van der Waals surface area contributed by atoms with E-state index in [9.17, 15) is 18.0 Å². The van der Waals surface area contributed by atoms with Crippen LogP contribution in [0.25, 0.3) is 0 Å². The summed E-state index contributed by atoms with van der Waals surface area (Å²) in [5.74, 6) is -0.839. The van der Waals surface area contributed by atoms with Crippen molar-refractivity contribution in [1.29, 1.82) is 5.26 Å². The summed E-state index contributed by atoms with van der Waals surface area (Å²) in [5, 5.41) is 8.49. The predicted octanol–water partition coefficient (Wildman–Crippen LogP) is 1.91. The second kappa shape index (κ2) is 3.94. The molecule has 0 aliphatic heterocycles. The van der Waals surface area contributed by atoms with Gasteiger partial charge in [0.05, 0.1) is 0 Å². The summed E-state index contributed by atoms with van der Waals surface area (Å²) in [6, 6.07) is 1.46. The standard InChI is InChI=1S/C7H2BrF3N2O2/c8-4-5(15-7(9,10)11)3(1-12)2-13-6(4)14/h2H,(H,13,14). The second-order valence-corrected chi connectivity index (χ2v) is 3.13. The largest absolute Gasteiger partial charge is 0.573 e. The average molecular weight is 283 g/mol. The Balaban J connectivity index is 3.32. The van der Waals surface area contributed by atoms with Crippen molar-refractivity contribution in [3.8, 4) is 11.8 Å². The third kappa shape index (κ3) is 2.73. The lowest BCUT2D eigenvalue weighted by atomic mass is 10.3. The number of halogens is 4. The third-order valence-electron chi connectivity index (χ3n) is 1.33. The molecule has 80 valence electrons. The normalized spacial score (nSPS) is 10.9. The maximum absolute atomic E-state index is 11.9. The first-order valence-electron chi connectivity index (χ1n) is 3.42. The zero-order chi connectivity index (χ0) is 11.6. The molecule has 0 unspecified atom stereocenters. The molecule has 1 heterocycles. The van der Waals surface area contributed by atoms with Crippen LogP contribution in [0.15, 0.2) is 15.5 Å². The van der Waals surface area contributed by atoms with Crippen LogP contribution >= 0.6 is 15.9 Å². The van der Waals surface area contributed by atoms with Crippen LogP contribution in [0.3, 0.4) is 0 Å². The van der Waals surface area contributed by atoms with Crippen molar-refractivity contribution in [2.75, 3.05) is 0 Å². The van der Waals surface area contributed by atoms with E-state index in [-0.39, 0.29) is 0 Å². The SMILES string of the molecule is N#Cc1c[nH]c(=O)c(Br)c1OC(F)(F)F. The lowest BCUT2D eigenvalue weighted by molar-refractivity contribution is -0.275. The molecule has 1 aromatic heterocycles. The fourth-order valence-corrected chi connectivity index (χ4v) is 1.20. The maximum Gasteiger partial charge on any atom is 0.573 e. The molecule has 0 aliphatic rings. The van der Waals surface area contributed by atoms with Crippen molar-refractivity contribution in [2.24, 2.45) is 0 Å². The van der Waals surface area contributed by atoms with E-state index in [1.165, 1.54) is 6.07 Å². The summed E-state index contributed by atoms with van der Waals surface area (Å²) in [5.41, 5.74) is -1.23. The van der Waals surface area contributed by atoms with Gasteiger partial charge in [-0.05, 0) is 15.9 Å². The number of hydrogen-bond acceptors (Lipinski definition) is 3. The molecular weight excluding hydrogens is 281 g/mol. The Bertz CT molecular complexity index is 475. The van der Waals surface area contributed by atoms with E-state index < -0.39 is 27.7 Å². The average Bonchev–Trinajstić information content (AvgIpc) is 2.11. The molecule has 0 radical (unpaired) electrons. The summed E-state index contributed by atoms with van der Waals surface area (Å²) >= 11 is 2.60. The zero-order valence-electron chi connectivity index (χ0n) is 6.85. The topological polar surface area (TPSA) is 65.9 Å². The van der Waals surface area contributed by atoms with Crippen molar-refractivity contribution in [1.82, 2.24) is 4.98 Å². The van der Waals surface area contributed by atoms with Crippen LogP contribution in [0.1, 0.15) is 5.56 Å². The monoisotopic (exact) mass is 282 g/mol. The molecule has 0 saturated heterocycles. The molecule has 4 nitrogen and oxygen atoms in total. The minimum Gasteiger partial charge on any atom is -0.403 e. The molecule has 0 spiro atoms. The molecule has 0 aliphatic carbocycles. The van der Waals surface area contributed by atoms with Gasteiger partial charge in [0.25, 0.3) is 5.56 Å². The van der Waals surface area contributed by atoms with Crippen LogP contribution in [-0.2, 0) is 0 Å². The van der Waals surface area contributed by atoms with Crippen molar-refractivity contribution in [2.45, 2.75) is 6.36 Å². The highest BCUT2D eigenvalue weighted by atomic mass is 79.9. The van der Waals surface area contributed by atoms with Crippen LogP contribution in [0.4, 0.5) is 13.2 Å². The van der Waals surface area contributed by atoms with Gasteiger partial charge in [-0.25, -0.2) is 0 Å². The van der Waals surface area contributed by atoms with Gasteiger partial charge in [0.2, 0.25) is 0 Å². The summed E-state index contributed by atoms with van der Waals surface area (Å²) < 4.78 is 38.8. The van der Waals surface area contributed by atoms with Crippen LogP contribution < -0.4 is 10.3 Å². The van der Waals surface area contributed by atoms with Gasteiger partial charge in [0.15, 0.2) is 5.75 Å². The van der Waals surface area contributed by atoms with E-state index in [0.29, 0.717) is 0 Å². The number of aromatic nitrogens is 1. The summed E-state index contributed by atoms with van der Waals surface area (Å²) in [7, 11) is 0. The smallest absolute Gasteiger partial charge is 0.403 e. The van der Waals surface area contributed by atoms with Gasteiger partial charge < -0.3 is 9.72 Å². The number of hydrogen-bond donors (Lipinski definition) is 1. The molecule has 0 saturated carbocycles. The Kier molecular flexibility index (Phi) is 3.04. The molecule has 1 aromatic rings. The molecule has 15 heavy (non-hydrogen) atoms. The number of H-pyrrole nitrogens is 1. The number of alkyl halides is 3. The molecule has 0 fully saturated rings. The molecule has 0 bridgehead atoms. The Morgan fingerprint density at radius 1 is 1.53 bits per heavy atom. The van der Waals surface area contributed by atoms with E-state index in [2.05, 4.69) is 25.7 Å². The highest BCUT2D eigenvalue weighted by Gasteiger charge is 2.33. The van der Waals surface area contributed by atoms with E-state index in [4.69, 9.17) is 5.26 Å². The van der Waals surface area contributed by atoms with E-state index >= 15 is 0 Å². The quantitative estimate of drug-likeness (QED) is 0.856. The minimum atomic E-state index is -4.96. The summed E-state index contributed by atoms with van der Waals surface area (Å²) in [6.45, 7) is 0. The number of aromatic amines is 1. The fraction of sp³-hybridized carbons (Fsp3) is 0.143. The first kappa shape index (κ1) is 11.6. The van der Waals surface area contributed by atoms with E-state index in [1.807, 2.05) is 0 Å². The van der Waals surface area contributed by atoms with Gasteiger partial charge in [-0.1, -0.05) is 0 Å². The fourth-order valence-electron chi connectivity index (χ4n) is 0.787. The Morgan fingerprint density at radius 2 is 2.13 bits per heavy atom. The highest BCUT2D eigenvalue weighted by Crippen LogP contribution is 2.30. The van der Waals surface area contributed by atoms with Crippen molar-refractivity contribution in [3.63, 3.8) is 0 Å². The summed E-state index contributed by atoms with van der Waals surface area (Å²) in [6.07, 6.45) is -4.12. The lowest BCUT2D eigenvalue weighted by Gasteiger charge is -2.10. The first-order chi connectivity index (χ1) is 6.85. The van der Waals surface area contributed by atoms with Gasteiger partial charge in [-0.15, -0.1) is 13.2 Å². The molecule has 8 heteroatoms. The Hall–Kier alpha value is -1.49. The van der Waals surface area contributed by atoms with Crippen LogP contribution in [0.2, 0.25) is 0 Å². The number of nitrogens with one attached hydrogen (secondary N) is 1. The number of rotatable bonds is 1. The van der Waals surface area contributed by atoms with Crippen LogP contribution in [0, 0.1) is 11.3 Å². The number of nitriles is 1. The van der Waals surface area contributed by atoms with Crippen molar-refractivity contribution in [3.05, 3.63) is 26.6 Å². The van der Waals surface area contributed by atoms with Crippen LogP contribution in [0.5, 0.6) is 5.75 Å².